The molecule has 1 atom stereocenters. The lowest BCUT2D eigenvalue weighted by molar-refractivity contribution is 0.0361. The van der Waals surface area contributed by atoms with Crippen LogP contribution in [0.2, 0.25) is 0 Å². The third-order valence-corrected chi connectivity index (χ3v) is 3.34. The Morgan fingerprint density at radius 3 is 2.74 bits per heavy atom. The second-order valence-electron chi connectivity index (χ2n) is 4.63. The number of carbonyl (C=O) groups is 1. The normalized spacial score (nSPS) is 17.2. The van der Waals surface area contributed by atoms with Crippen molar-refractivity contribution in [3.05, 3.63) is 17.2 Å². The topological polar surface area (TPSA) is 76.0 Å². The van der Waals surface area contributed by atoms with E-state index in [1.54, 1.807) is 0 Å². The van der Waals surface area contributed by atoms with E-state index in [1.165, 1.54) is 13.2 Å². The number of cyclic esters (lactones) is 1. The first-order valence-corrected chi connectivity index (χ1v) is 6.43. The minimum absolute atomic E-state index is 0.0162. The van der Waals surface area contributed by atoms with E-state index in [4.69, 9.17) is 9.47 Å². The molecule has 0 radical (unpaired) electrons. The molecule has 19 heavy (non-hydrogen) atoms. The minimum atomic E-state index is -0.509. The SMILES string of the molecule is CCCCCC1OC(=O)c2cc(O)c(OC)c(O)c21. The van der Waals surface area contributed by atoms with Crippen molar-refractivity contribution >= 4 is 5.97 Å². The van der Waals surface area contributed by atoms with Gasteiger partial charge < -0.3 is 19.7 Å². The van der Waals surface area contributed by atoms with Crippen LogP contribution in [-0.2, 0) is 4.74 Å². The maximum atomic E-state index is 11.7. The van der Waals surface area contributed by atoms with Gasteiger partial charge in [-0.15, -0.1) is 0 Å². The molecule has 0 amide bonds. The van der Waals surface area contributed by atoms with Gasteiger partial charge in [-0.05, 0) is 18.9 Å². The molecular formula is C14H18O5. The largest absolute Gasteiger partial charge is 0.504 e. The molecule has 0 saturated carbocycles. The number of methoxy groups -OCH3 is 1. The Hall–Kier alpha value is -1.91. The molecular weight excluding hydrogens is 248 g/mol. The lowest BCUT2D eigenvalue weighted by Crippen LogP contribution is -1.99. The van der Waals surface area contributed by atoms with Crippen molar-refractivity contribution in [2.75, 3.05) is 7.11 Å². The highest BCUT2D eigenvalue weighted by atomic mass is 16.5. The average Bonchev–Trinajstić information content (AvgIpc) is 2.67. The number of fused-ring (bicyclic) bond motifs is 1. The number of unbranched alkanes of at least 4 members (excludes halogenated alkanes) is 2. The highest BCUT2D eigenvalue weighted by Gasteiger charge is 2.36. The molecule has 1 aromatic carbocycles. The Kier molecular flexibility index (Phi) is 3.83. The maximum Gasteiger partial charge on any atom is 0.339 e. The molecule has 5 heteroatoms. The molecule has 2 N–H and O–H groups in total. The lowest BCUT2D eigenvalue weighted by atomic mass is 9.98. The van der Waals surface area contributed by atoms with Gasteiger partial charge in [0.15, 0.2) is 11.5 Å². The van der Waals surface area contributed by atoms with Crippen LogP contribution in [0.15, 0.2) is 6.07 Å². The standard InChI is InChI=1S/C14H18O5/c1-3-4-5-6-10-11-8(14(17)19-10)7-9(15)13(18-2)12(11)16/h7,10,15-16H,3-6H2,1-2H3. The monoisotopic (exact) mass is 266 g/mol. The summed E-state index contributed by atoms with van der Waals surface area (Å²) < 4.78 is 10.2. The van der Waals surface area contributed by atoms with Gasteiger partial charge in [0.05, 0.1) is 18.2 Å². The van der Waals surface area contributed by atoms with Crippen molar-refractivity contribution in [3.8, 4) is 17.2 Å². The first-order valence-electron chi connectivity index (χ1n) is 6.43. The predicted octanol–water partition coefficient (Wildman–Crippen LogP) is 2.90. The Balaban J connectivity index is 2.36. The number of hydrogen-bond acceptors (Lipinski definition) is 5. The van der Waals surface area contributed by atoms with E-state index >= 15 is 0 Å². The summed E-state index contributed by atoms with van der Waals surface area (Å²) in [5, 5.41) is 19.8. The summed E-state index contributed by atoms with van der Waals surface area (Å²) in [6.45, 7) is 2.09. The van der Waals surface area contributed by atoms with Gasteiger partial charge >= 0.3 is 5.97 Å². The van der Waals surface area contributed by atoms with Crippen LogP contribution < -0.4 is 4.74 Å². The van der Waals surface area contributed by atoms with Crippen LogP contribution in [0.25, 0.3) is 0 Å². The van der Waals surface area contributed by atoms with Gasteiger partial charge in [-0.25, -0.2) is 4.79 Å². The van der Waals surface area contributed by atoms with E-state index in [1.807, 2.05) is 0 Å². The summed E-state index contributed by atoms with van der Waals surface area (Å²) in [5.74, 6) is -0.989. The van der Waals surface area contributed by atoms with E-state index in [2.05, 4.69) is 6.92 Å². The van der Waals surface area contributed by atoms with Crippen LogP contribution in [0.5, 0.6) is 17.2 Å². The number of aromatic hydroxyl groups is 2. The van der Waals surface area contributed by atoms with Gasteiger partial charge in [0, 0.05) is 0 Å². The molecule has 0 spiro atoms. The molecule has 0 fully saturated rings. The smallest absolute Gasteiger partial charge is 0.339 e. The van der Waals surface area contributed by atoms with Gasteiger partial charge in [-0.2, -0.15) is 0 Å². The molecule has 1 aliphatic rings. The summed E-state index contributed by atoms with van der Waals surface area (Å²) in [6.07, 6.45) is 3.23. The fraction of sp³-hybridized carbons (Fsp3) is 0.500. The number of carbonyl (C=O) groups excluding carboxylic acids is 1. The highest BCUT2D eigenvalue weighted by molar-refractivity contribution is 5.96. The molecule has 2 rings (SSSR count). The zero-order chi connectivity index (χ0) is 14.0. The number of benzene rings is 1. The first-order chi connectivity index (χ1) is 9.10. The number of esters is 1. The lowest BCUT2D eigenvalue weighted by Gasteiger charge is -2.13. The van der Waals surface area contributed by atoms with Crippen LogP contribution in [0.1, 0.15) is 54.6 Å². The van der Waals surface area contributed by atoms with Crippen molar-refractivity contribution in [2.24, 2.45) is 0 Å². The van der Waals surface area contributed by atoms with E-state index < -0.39 is 12.1 Å². The highest BCUT2D eigenvalue weighted by Crippen LogP contribution is 2.48. The van der Waals surface area contributed by atoms with Gasteiger partial charge in [-0.3, -0.25) is 0 Å². The third-order valence-electron chi connectivity index (χ3n) is 3.34. The first kappa shape index (κ1) is 13.5. The molecule has 0 saturated heterocycles. The summed E-state index contributed by atoms with van der Waals surface area (Å²) in [4.78, 5) is 11.7. The fourth-order valence-corrected chi connectivity index (χ4v) is 2.38. The van der Waals surface area contributed by atoms with Crippen molar-refractivity contribution < 1.29 is 24.5 Å². The molecule has 5 nitrogen and oxygen atoms in total. The number of phenolic OH excluding ortho intramolecular Hbond substituents is 2. The molecule has 1 unspecified atom stereocenters. The average molecular weight is 266 g/mol. The van der Waals surface area contributed by atoms with Gasteiger partial charge in [0.1, 0.15) is 6.10 Å². The summed E-state index contributed by atoms with van der Waals surface area (Å²) in [6, 6.07) is 1.29. The Labute approximate surface area is 111 Å². The molecule has 1 aromatic rings. The summed E-state index contributed by atoms with van der Waals surface area (Å²) >= 11 is 0. The molecule has 0 aliphatic carbocycles. The van der Waals surface area contributed by atoms with Crippen LogP contribution in [0.4, 0.5) is 0 Å². The van der Waals surface area contributed by atoms with Crippen LogP contribution in [-0.4, -0.2) is 23.3 Å². The fourth-order valence-electron chi connectivity index (χ4n) is 2.38. The van der Waals surface area contributed by atoms with Crippen LogP contribution in [0, 0.1) is 0 Å². The number of rotatable bonds is 5. The Bertz CT molecular complexity index is 495. The summed E-state index contributed by atoms with van der Waals surface area (Å²) in [7, 11) is 1.35. The second kappa shape index (κ2) is 5.38. The van der Waals surface area contributed by atoms with E-state index in [-0.39, 0.29) is 22.8 Å². The Morgan fingerprint density at radius 2 is 2.11 bits per heavy atom. The van der Waals surface area contributed by atoms with Crippen molar-refractivity contribution in [1.82, 2.24) is 0 Å². The van der Waals surface area contributed by atoms with Crippen LogP contribution >= 0.6 is 0 Å². The van der Waals surface area contributed by atoms with Gasteiger partial charge in [0.25, 0.3) is 0 Å². The number of ether oxygens (including phenoxy) is 2. The molecule has 104 valence electrons. The molecule has 1 aliphatic heterocycles. The van der Waals surface area contributed by atoms with Crippen molar-refractivity contribution in [1.29, 1.82) is 0 Å². The Morgan fingerprint density at radius 1 is 1.37 bits per heavy atom. The van der Waals surface area contributed by atoms with E-state index in [0.29, 0.717) is 12.0 Å². The molecule has 0 bridgehead atoms. The predicted molar refractivity (Wildman–Crippen MR) is 68.6 cm³/mol. The van der Waals surface area contributed by atoms with Crippen LogP contribution in [0.3, 0.4) is 0 Å². The zero-order valence-corrected chi connectivity index (χ0v) is 11.1. The quantitative estimate of drug-likeness (QED) is 0.633. The number of hydrogen-bond donors (Lipinski definition) is 2. The number of phenols is 2. The molecule has 0 aromatic heterocycles. The maximum absolute atomic E-state index is 11.7. The van der Waals surface area contributed by atoms with Gasteiger partial charge in [-0.1, -0.05) is 19.8 Å². The third kappa shape index (κ3) is 2.32. The van der Waals surface area contributed by atoms with E-state index in [0.717, 1.165) is 19.3 Å². The van der Waals surface area contributed by atoms with Crippen molar-refractivity contribution in [3.63, 3.8) is 0 Å². The minimum Gasteiger partial charge on any atom is -0.504 e. The van der Waals surface area contributed by atoms with Crippen molar-refractivity contribution in [2.45, 2.75) is 38.7 Å². The van der Waals surface area contributed by atoms with Gasteiger partial charge in [0.2, 0.25) is 5.75 Å². The molecule has 1 heterocycles. The second-order valence-corrected chi connectivity index (χ2v) is 4.63. The zero-order valence-electron chi connectivity index (χ0n) is 11.1. The summed E-state index contributed by atoms with van der Waals surface area (Å²) in [5.41, 5.74) is 0.646. The van der Waals surface area contributed by atoms with E-state index in [9.17, 15) is 15.0 Å².